The minimum Gasteiger partial charge on any atom is -0.454 e. The zero-order valence-corrected chi connectivity index (χ0v) is 15.9. The Morgan fingerprint density at radius 2 is 1.71 bits per heavy atom. The first-order valence-corrected chi connectivity index (χ1v) is 9.59. The average Bonchev–Trinajstić information content (AvgIpc) is 3.33. The van der Waals surface area contributed by atoms with E-state index in [4.69, 9.17) is 21.1 Å². The molecule has 4 nitrogen and oxygen atoms in total. The second kappa shape index (κ2) is 7.13. The number of fused-ring (bicyclic) bond motifs is 2. The van der Waals surface area contributed by atoms with Gasteiger partial charge in [0.05, 0.1) is 0 Å². The van der Waals surface area contributed by atoms with Crippen LogP contribution in [0.2, 0.25) is 5.02 Å². The second-order valence-electron chi connectivity index (χ2n) is 6.81. The van der Waals surface area contributed by atoms with E-state index in [1.807, 2.05) is 36.4 Å². The van der Waals surface area contributed by atoms with Crippen LogP contribution in [0.1, 0.15) is 11.1 Å². The smallest absolute Gasteiger partial charge is 0.231 e. The summed E-state index contributed by atoms with van der Waals surface area (Å²) in [5, 5.41) is 5.53. The molecule has 0 unspecified atom stereocenters. The maximum absolute atomic E-state index is 6.37. The van der Waals surface area contributed by atoms with E-state index in [1.54, 1.807) is 0 Å². The minimum absolute atomic E-state index is 0.286. The maximum atomic E-state index is 6.37. The summed E-state index contributed by atoms with van der Waals surface area (Å²) in [6, 6.07) is 22.4. The third kappa shape index (κ3) is 3.16. The van der Waals surface area contributed by atoms with Crippen LogP contribution in [0, 0.1) is 0 Å². The van der Waals surface area contributed by atoms with Gasteiger partial charge >= 0.3 is 0 Å². The van der Waals surface area contributed by atoms with E-state index in [9.17, 15) is 0 Å². The van der Waals surface area contributed by atoms with Gasteiger partial charge in [-0.05, 0) is 35.4 Å². The first-order valence-electron chi connectivity index (χ1n) is 9.21. The highest BCUT2D eigenvalue weighted by Crippen LogP contribution is 2.34. The zero-order valence-electron chi connectivity index (χ0n) is 15.2. The second-order valence-corrected chi connectivity index (χ2v) is 7.22. The fourth-order valence-electron chi connectivity index (χ4n) is 3.61. The van der Waals surface area contributed by atoms with Gasteiger partial charge < -0.3 is 19.4 Å². The molecule has 1 aromatic heterocycles. The van der Waals surface area contributed by atoms with E-state index in [2.05, 4.69) is 46.4 Å². The highest BCUT2D eigenvalue weighted by Gasteiger charge is 2.14. The molecule has 1 aliphatic heterocycles. The van der Waals surface area contributed by atoms with Crippen molar-refractivity contribution in [3.63, 3.8) is 0 Å². The van der Waals surface area contributed by atoms with Crippen LogP contribution in [-0.2, 0) is 13.1 Å². The van der Waals surface area contributed by atoms with Crippen LogP contribution in [0.5, 0.6) is 11.5 Å². The number of aromatic nitrogens is 1. The molecular weight excluding hydrogens is 372 g/mol. The minimum atomic E-state index is 0.286. The van der Waals surface area contributed by atoms with Gasteiger partial charge in [-0.15, -0.1) is 0 Å². The van der Waals surface area contributed by atoms with E-state index in [1.165, 1.54) is 16.5 Å². The van der Waals surface area contributed by atoms with Gasteiger partial charge in [0.1, 0.15) is 0 Å². The molecule has 4 aromatic rings. The highest BCUT2D eigenvalue weighted by molar-refractivity contribution is 6.31. The molecule has 0 aliphatic carbocycles. The number of rotatable bonds is 5. The molecule has 0 radical (unpaired) electrons. The Labute approximate surface area is 168 Å². The van der Waals surface area contributed by atoms with Crippen LogP contribution in [0.3, 0.4) is 0 Å². The Morgan fingerprint density at radius 3 is 2.64 bits per heavy atom. The van der Waals surface area contributed by atoms with Crippen molar-refractivity contribution in [3.8, 4) is 11.5 Å². The van der Waals surface area contributed by atoms with Crippen molar-refractivity contribution in [1.82, 2.24) is 4.57 Å². The third-order valence-electron chi connectivity index (χ3n) is 5.03. The van der Waals surface area contributed by atoms with Gasteiger partial charge in [0.2, 0.25) is 6.79 Å². The summed E-state index contributed by atoms with van der Waals surface area (Å²) in [5.41, 5.74) is 4.55. The molecule has 0 saturated carbocycles. The van der Waals surface area contributed by atoms with Crippen LogP contribution in [-0.4, -0.2) is 11.4 Å². The molecular formula is C23H19ClN2O2. The van der Waals surface area contributed by atoms with E-state index in [0.29, 0.717) is 0 Å². The monoisotopic (exact) mass is 390 g/mol. The molecule has 0 bridgehead atoms. The third-order valence-corrected chi connectivity index (χ3v) is 5.39. The van der Waals surface area contributed by atoms with Crippen molar-refractivity contribution in [3.05, 3.63) is 89.1 Å². The summed E-state index contributed by atoms with van der Waals surface area (Å²) in [6.07, 6.45) is 2.20. The lowest BCUT2D eigenvalue weighted by molar-refractivity contribution is 0.174. The number of nitrogens with one attached hydrogen (secondary N) is 1. The van der Waals surface area contributed by atoms with Crippen molar-refractivity contribution in [2.45, 2.75) is 13.1 Å². The average molecular weight is 391 g/mol. The fraction of sp³-hybridized carbons (Fsp3) is 0.130. The molecule has 0 atom stereocenters. The van der Waals surface area contributed by atoms with E-state index in [0.717, 1.165) is 40.9 Å². The van der Waals surface area contributed by atoms with Crippen LogP contribution in [0.25, 0.3) is 10.9 Å². The molecule has 1 aliphatic rings. The zero-order chi connectivity index (χ0) is 18.9. The number of benzene rings is 3. The Morgan fingerprint density at radius 1 is 0.893 bits per heavy atom. The summed E-state index contributed by atoms with van der Waals surface area (Å²) in [5.74, 6) is 1.58. The number of nitrogens with zero attached hydrogens (tertiary/aromatic N) is 1. The molecule has 0 fully saturated rings. The topological polar surface area (TPSA) is 35.4 Å². The van der Waals surface area contributed by atoms with Gasteiger partial charge in [-0.3, -0.25) is 0 Å². The maximum Gasteiger partial charge on any atom is 0.231 e. The first-order chi connectivity index (χ1) is 13.8. The summed E-state index contributed by atoms with van der Waals surface area (Å²) >= 11 is 6.37. The lowest BCUT2D eigenvalue weighted by Crippen LogP contribution is -2.00. The van der Waals surface area contributed by atoms with Gasteiger partial charge in [0.25, 0.3) is 0 Å². The standard InChI is InChI=1S/C23H19ClN2O2/c24-20-7-3-1-5-16(20)13-26-14-17(19-6-2-4-8-21(19)26)12-25-18-9-10-22-23(11-18)28-15-27-22/h1-11,14,25H,12-13,15H2. The number of hydrogen-bond acceptors (Lipinski definition) is 3. The fourth-order valence-corrected chi connectivity index (χ4v) is 3.80. The number of anilines is 1. The van der Waals surface area contributed by atoms with Gasteiger partial charge in [0, 0.05) is 47.0 Å². The molecule has 5 rings (SSSR count). The molecule has 1 N–H and O–H groups in total. The number of ether oxygens (including phenoxy) is 2. The lowest BCUT2D eigenvalue weighted by atomic mass is 10.1. The first kappa shape index (κ1) is 17.0. The lowest BCUT2D eigenvalue weighted by Gasteiger charge is -2.07. The van der Waals surface area contributed by atoms with Gasteiger partial charge in [-0.2, -0.15) is 0 Å². The van der Waals surface area contributed by atoms with E-state index >= 15 is 0 Å². The molecule has 5 heteroatoms. The molecule has 0 saturated heterocycles. The number of para-hydroxylation sites is 1. The van der Waals surface area contributed by atoms with Gasteiger partial charge in [-0.1, -0.05) is 48.0 Å². The molecule has 28 heavy (non-hydrogen) atoms. The number of halogens is 1. The van der Waals surface area contributed by atoms with E-state index in [-0.39, 0.29) is 6.79 Å². The Kier molecular flexibility index (Phi) is 4.34. The Bertz CT molecular complexity index is 1150. The predicted octanol–water partition coefficient (Wildman–Crippen LogP) is 5.68. The molecule has 3 aromatic carbocycles. The van der Waals surface area contributed by atoms with Crippen LogP contribution in [0.4, 0.5) is 5.69 Å². The Balaban J connectivity index is 1.42. The summed E-state index contributed by atoms with van der Waals surface area (Å²) in [4.78, 5) is 0. The summed E-state index contributed by atoms with van der Waals surface area (Å²) in [7, 11) is 0. The summed E-state index contributed by atoms with van der Waals surface area (Å²) < 4.78 is 13.1. The van der Waals surface area contributed by atoms with Crippen molar-refractivity contribution in [2.24, 2.45) is 0 Å². The van der Waals surface area contributed by atoms with Crippen LogP contribution in [0.15, 0.2) is 72.9 Å². The molecule has 0 spiro atoms. The molecule has 0 amide bonds. The van der Waals surface area contributed by atoms with Gasteiger partial charge in [0.15, 0.2) is 11.5 Å². The normalized spacial score (nSPS) is 12.5. The predicted molar refractivity (Wildman–Crippen MR) is 112 cm³/mol. The van der Waals surface area contributed by atoms with Crippen LogP contribution >= 0.6 is 11.6 Å². The van der Waals surface area contributed by atoms with Crippen molar-refractivity contribution in [1.29, 1.82) is 0 Å². The largest absolute Gasteiger partial charge is 0.454 e. The van der Waals surface area contributed by atoms with Crippen LogP contribution < -0.4 is 14.8 Å². The molecule has 2 heterocycles. The van der Waals surface area contributed by atoms with Crippen molar-refractivity contribution in [2.75, 3.05) is 12.1 Å². The highest BCUT2D eigenvalue weighted by atomic mass is 35.5. The Hall–Kier alpha value is -3.11. The quantitative estimate of drug-likeness (QED) is 0.476. The van der Waals surface area contributed by atoms with Crippen molar-refractivity contribution >= 4 is 28.2 Å². The SMILES string of the molecule is Clc1ccccc1Cn1cc(CNc2ccc3c(c2)OCO3)c2ccccc21. The van der Waals surface area contributed by atoms with E-state index < -0.39 is 0 Å². The van der Waals surface area contributed by atoms with Gasteiger partial charge in [-0.25, -0.2) is 0 Å². The summed E-state index contributed by atoms with van der Waals surface area (Å²) in [6.45, 7) is 1.74. The van der Waals surface area contributed by atoms with Crippen molar-refractivity contribution < 1.29 is 9.47 Å². The number of hydrogen-bond donors (Lipinski definition) is 1. The molecule has 140 valence electrons.